The molecule has 2 fully saturated rings. The fourth-order valence-electron chi connectivity index (χ4n) is 4.59. The van der Waals surface area contributed by atoms with Gasteiger partial charge in [0.15, 0.2) is 0 Å². The summed E-state index contributed by atoms with van der Waals surface area (Å²) in [5, 5.41) is 0. The van der Waals surface area contributed by atoms with Gasteiger partial charge in [0, 0.05) is 0 Å². The first-order chi connectivity index (χ1) is 6.26. The SMILES string of the molecule is CC(C)C1(C)CC2CCC1(C)C2(C)C. The Bertz CT molecular complexity index is 251. The van der Waals surface area contributed by atoms with E-state index in [0.29, 0.717) is 16.2 Å². The zero-order chi connectivity index (χ0) is 10.8. The van der Waals surface area contributed by atoms with E-state index in [4.69, 9.17) is 0 Å². The number of hydrogen-bond acceptors (Lipinski definition) is 0. The molecule has 0 amide bonds. The molecule has 0 aromatic heterocycles. The van der Waals surface area contributed by atoms with Gasteiger partial charge in [0.1, 0.15) is 0 Å². The third kappa shape index (κ3) is 0.864. The number of rotatable bonds is 1. The van der Waals surface area contributed by atoms with E-state index in [-0.39, 0.29) is 0 Å². The Morgan fingerprint density at radius 2 is 1.64 bits per heavy atom. The largest absolute Gasteiger partial charge is 0.0622 e. The average Bonchev–Trinajstić information content (AvgIpc) is 2.36. The van der Waals surface area contributed by atoms with Crippen molar-refractivity contribution in [3.63, 3.8) is 0 Å². The first-order valence-corrected chi connectivity index (χ1v) is 6.26. The Hall–Kier alpha value is 0. The summed E-state index contributed by atoms with van der Waals surface area (Å²) in [6.45, 7) is 15.0. The average molecular weight is 194 g/mol. The highest BCUT2D eigenvalue weighted by molar-refractivity contribution is 5.15. The number of hydrogen-bond donors (Lipinski definition) is 0. The lowest BCUT2D eigenvalue weighted by atomic mass is 9.55. The molecule has 2 bridgehead atoms. The second-order valence-corrected chi connectivity index (χ2v) is 7.07. The van der Waals surface area contributed by atoms with Crippen LogP contribution in [-0.4, -0.2) is 0 Å². The van der Waals surface area contributed by atoms with Gasteiger partial charge in [0.05, 0.1) is 0 Å². The van der Waals surface area contributed by atoms with E-state index < -0.39 is 0 Å². The summed E-state index contributed by atoms with van der Waals surface area (Å²) in [6.07, 6.45) is 4.40. The van der Waals surface area contributed by atoms with Gasteiger partial charge in [0.2, 0.25) is 0 Å². The fraction of sp³-hybridized carbons (Fsp3) is 1.00. The predicted octanol–water partition coefficient (Wildman–Crippen LogP) is 4.49. The van der Waals surface area contributed by atoms with Gasteiger partial charge < -0.3 is 0 Å². The van der Waals surface area contributed by atoms with Crippen LogP contribution < -0.4 is 0 Å². The molecule has 0 saturated heterocycles. The van der Waals surface area contributed by atoms with Gasteiger partial charge in [-0.2, -0.15) is 0 Å². The maximum absolute atomic E-state index is 2.56. The van der Waals surface area contributed by atoms with Crippen LogP contribution in [0.15, 0.2) is 0 Å². The third-order valence-corrected chi connectivity index (χ3v) is 6.64. The molecule has 0 N–H and O–H groups in total. The summed E-state index contributed by atoms with van der Waals surface area (Å²) in [7, 11) is 0. The maximum Gasteiger partial charge on any atom is -0.0215 e. The van der Waals surface area contributed by atoms with E-state index in [9.17, 15) is 0 Å². The first kappa shape index (κ1) is 10.5. The molecule has 0 aromatic rings. The van der Waals surface area contributed by atoms with Crippen molar-refractivity contribution >= 4 is 0 Å². The lowest BCUT2D eigenvalue weighted by Crippen LogP contribution is -2.42. The zero-order valence-electron chi connectivity index (χ0n) is 10.8. The van der Waals surface area contributed by atoms with Gasteiger partial charge in [-0.15, -0.1) is 0 Å². The van der Waals surface area contributed by atoms with E-state index in [1.54, 1.807) is 0 Å². The normalized spacial score (nSPS) is 50.4. The van der Waals surface area contributed by atoms with Crippen molar-refractivity contribution in [2.45, 2.75) is 60.8 Å². The van der Waals surface area contributed by atoms with E-state index in [1.807, 2.05) is 0 Å². The standard InChI is InChI=1S/C14H26/c1-10(2)13(5)9-11-7-8-14(13,6)12(11,3)4/h10-11H,7-9H2,1-6H3. The molecule has 0 heterocycles. The molecule has 82 valence electrons. The van der Waals surface area contributed by atoms with E-state index in [2.05, 4.69) is 41.5 Å². The Morgan fingerprint density at radius 3 is 1.86 bits per heavy atom. The molecule has 2 rings (SSSR count). The molecule has 2 aliphatic carbocycles. The minimum atomic E-state index is 0.575. The van der Waals surface area contributed by atoms with Gasteiger partial charge in [-0.05, 0) is 47.3 Å². The molecule has 2 saturated carbocycles. The molecule has 3 unspecified atom stereocenters. The second kappa shape index (κ2) is 2.57. The van der Waals surface area contributed by atoms with Gasteiger partial charge in [-0.25, -0.2) is 0 Å². The fourth-order valence-corrected chi connectivity index (χ4v) is 4.59. The van der Waals surface area contributed by atoms with Crippen LogP contribution in [0.1, 0.15) is 60.8 Å². The van der Waals surface area contributed by atoms with Crippen LogP contribution in [0.3, 0.4) is 0 Å². The molecule has 0 aromatic carbocycles. The number of fused-ring (bicyclic) bond motifs is 2. The van der Waals surface area contributed by atoms with Gasteiger partial charge in [0.25, 0.3) is 0 Å². The topological polar surface area (TPSA) is 0 Å². The Labute approximate surface area is 89.5 Å². The summed E-state index contributed by atoms with van der Waals surface area (Å²) in [4.78, 5) is 0. The highest BCUT2D eigenvalue weighted by atomic mass is 14.7. The van der Waals surface area contributed by atoms with E-state index in [1.165, 1.54) is 19.3 Å². The molecule has 0 aliphatic heterocycles. The van der Waals surface area contributed by atoms with Crippen LogP contribution in [0.4, 0.5) is 0 Å². The van der Waals surface area contributed by atoms with Crippen molar-refractivity contribution < 1.29 is 0 Å². The van der Waals surface area contributed by atoms with Gasteiger partial charge in [-0.1, -0.05) is 41.5 Å². The summed E-state index contributed by atoms with van der Waals surface area (Å²) in [5.41, 5.74) is 1.74. The van der Waals surface area contributed by atoms with Gasteiger partial charge >= 0.3 is 0 Å². The van der Waals surface area contributed by atoms with Crippen LogP contribution in [0.5, 0.6) is 0 Å². The van der Waals surface area contributed by atoms with Crippen LogP contribution in [0.2, 0.25) is 0 Å². The smallest absolute Gasteiger partial charge is 0.0215 e. The van der Waals surface area contributed by atoms with E-state index in [0.717, 1.165) is 11.8 Å². The van der Waals surface area contributed by atoms with Crippen molar-refractivity contribution in [3.8, 4) is 0 Å². The monoisotopic (exact) mass is 194 g/mol. The molecule has 2 aliphatic rings. The first-order valence-electron chi connectivity index (χ1n) is 6.26. The lowest BCUT2D eigenvalue weighted by Gasteiger charge is -2.49. The Balaban J connectivity index is 2.45. The molecule has 14 heavy (non-hydrogen) atoms. The van der Waals surface area contributed by atoms with Crippen molar-refractivity contribution in [1.82, 2.24) is 0 Å². The minimum absolute atomic E-state index is 0.575. The molecule has 3 atom stereocenters. The second-order valence-electron chi connectivity index (χ2n) is 7.07. The highest BCUT2D eigenvalue weighted by Gasteiger charge is 2.67. The van der Waals surface area contributed by atoms with Crippen molar-refractivity contribution in [1.29, 1.82) is 0 Å². The minimum Gasteiger partial charge on any atom is -0.0622 e. The third-order valence-electron chi connectivity index (χ3n) is 6.64. The van der Waals surface area contributed by atoms with Crippen LogP contribution in [0, 0.1) is 28.1 Å². The van der Waals surface area contributed by atoms with Crippen molar-refractivity contribution in [3.05, 3.63) is 0 Å². The summed E-state index contributed by atoms with van der Waals surface area (Å²) in [6, 6.07) is 0. The summed E-state index contributed by atoms with van der Waals surface area (Å²) in [5.74, 6) is 1.82. The Kier molecular flexibility index (Phi) is 1.93. The quantitative estimate of drug-likeness (QED) is 0.577. The van der Waals surface area contributed by atoms with Crippen molar-refractivity contribution in [2.24, 2.45) is 28.1 Å². The Morgan fingerprint density at radius 1 is 1.07 bits per heavy atom. The van der Waals surface area contributed by atoms with Crippen LogP contribution in [-0.2, 0) is 0 Å². The van der Waals surface area contributed by atoms with Crippen LogP contribution >= 0.6 is 0 Å². The van der Waals surface area contributed by atoms with Crippen molar-refractivity contribution in [2.75, 3.05) is 0 Å². The predicted molar refractivity (Wildman–Crippen MR) is 62.2 cm³/mol. The molecule has 0 spiro atoms. The molecule has 0 heteroatoms. The molecular weight excluding hydrogens is 168 g/mol. The van der Waals surface area contributed by atoms with E-state index >= 15 is 0 Å². The van der Waals surface area contributed by atoms with Gasteiger partial charge in [-0.3, -0.25) is 0 Å². The zero-order valence-corrected chi connectivity index (χ0v) is 10.8. The van der Waals surface area contributed by atoms with Crippen LogP contribution in [0.25, 0.3) is 0 Å². The summed E-state index contributed by atoms with van der Waals surface area (Å²) >= 11 is 0. The highest BCUT2D eigenvalue weighted by Crippen LogP contribution is 2.74. The molecule has 0 radical (unpaired) electrons. The molecule has 0 nitrogen and oxygen atoms in total. The molecular formula is C14H26. The summed E-state index contributed by atoms with van der Waals surface area (Å²) < 4.78 is 0. The maximum atomic E-state index is 2.56. The lowest BCUT2D eigenvalue weighted by molar-refractivity contribution is -0.00796.